The summed E-state index contributed by atoms with van der Waals surface area (Å²) in [6.07, 6.45) is 2.27. The minimum absolute atomic E-state index is 0.317. The molecule has 1 aromatic heterocycles. The van der Waals surface area contributed by atoms with Crippen LogP contribution in [0.4, 0.5) is 0 Å². The van der Waals surface area contributed by atoms with Crippen molar-refractivity contribution in [1.82, 2.24) is 4.90 Å². The molecule has 17 heavy (non-hydrogen) atoms. The van der Waals surface area contributed by atoms with Gasteiger partial charge in [-0.05, 0) is 30.9 Å². The molecule has 2 rings (SSSR count). The number of hydrogen-bond acceptors (Lipinski definition) is 3. The Morgan fingerprint density at radius 3 is 2.82 bits per heavy atom. The van der Waals surface area contributed by atoms with Crippen LogP contribution >= 0.6 is 11.3 Å². The van der Waals surface area contributed by atoms with Crippen LogP contribution in [0.5, 0.6) is 0 Å². The SMILES string of the molecule is CCc1ccc(C2C(N)CCN2CC(C)C)s1. The molecule has 2 unspecified atom stereocenters. The van der Waals surface area contributed by atoms with Crippen molar-refractivity contribution in [1.29, 1.82) is 0 Å². The van der Waals surface area contributed by atoms with E-state index in [0.717, 1.165) is 25.9 Å². The summed E-state index contributed by atoms with van der Waals surface area (Å²) in [5.74, 6) is 0.716. The largest absolute Gasteiger partial charge is 0.326 e. The predicted octanol–water partition coefficient (Wildman–Crippen LogP) is 3.04. The number of hydrogen-bond donors (Lipinski definition) is 1. The van der Waals surface area contributed by atoms with E-state index in [2.05, 4.69) is 37.8 Å². The van der Waals surface area contributed by atoms with Gasteiger partial charge in [-0.25, -0.2) is 0 Å². The van der Waals surface area contributed by atoms with Crippen molar-refractivity contribution in [2.45, 2.75) is 45.7 Å². The van der Waals surface area contributed by atoms with Crippen LogP contribution in [0.1, 0.15) is 43.0 Å². The summed E-state index contributed by atoms with van der Waals surface area (Å²) in [5, 5.41) is 0. The van der Waals surface area contributed by atoms with E-state index < -0.39 is 0 Å². The molecule has 96 valence electrons. The van der Waals surface area contributed by atoms with Gasteiger partial charge in [0.15, 0.2) is 0 Å². The summed E-state index contributed by atoms with van der Waals surface area (Å²) in [7, 11) is 0. The van der Waals surface area contributed by atoms with Gasteiger partial charge in [-0.1, -0.05) is 20.8 Å². The van der Waals surface area contributed by atoms with E-state index in [-0.39, 0.29) is 0 Å². The maximum Gasteiger partial charge on any atom is 0.0594 e. The van der Waals surface area contributed by atoms with Gasteiger partial charge in [-0.15, -0.1) is 11.3 Å². The van der Waals surface area contributed by atoms with Crippen molar-refractivity contribution >= 4 is 11.3 Å². The number of aryl methyl sites for hydroxylation is 1. The van der Waals surface area contributed by atoms with Gasteiger partial charge in [0, 0.05) is 28.9 Å². The second-order valence-electron chi connectivity index (χ2n) is 5.44. The van der Waals surface area contributed by atoms with E-state index >= 15 is 0 Å². The second-order valence-corrected chi connectivity index (χ2v) is 6.64. The molecular formula is C14H24N2S. The third kappa shape index (κ3) is 2.90. The lowest BCUT2D eigenvalue weighted by atomic mass is 10.1. The van der Waals surface area contributed by atoms with Crippen LogP contribution in [0.2, 0.25) is 0 Å². The summed E-state index contributed by atoms with van der Waals surface area (Å²) >= 11 is 1.94. The molecule has 2 heterocycles. The molecule has 0 amide bonds. The highest BCUT2D eigenvalue weighted by Gasteiger charge is 2.33. The van der Waals surface area contributed by atoms with Gasteiger partial charge in [0.2, 0.25) is 0 Å². The van der Waals surface area contributed by atoms with Gasteiger partial charge in [-0.2, -0.15) is 0 Å². The van der Waals surface area contributed by atoms with Crippen molar-refractivity contribution in [3.05, 3.63) is 21.9 Å². The monoisotopic (exact) mass is 252 g/mol. The molecule has 2 atom stereocenters. The van der Waals surface area contributed by atoms with E-state index in [0.29, 0.717) is 18.0 Å². The number of nitrogens with two attached hydrogens (primary N) is 1. The fraction of sp³-hybridized carbons (Fsp3) is 0.714. The average molecular weight is 252 g/mol. The minimum atomic E-state index is 0.317. The summed E-state index contributed by atoms with van der Waals surface area (Å²) in [6, 6.07) is 5.32. The number of thiophene rings is 1. The zero-order valence-electron chi connectivity index (χ0n) is 11.1. The Kier molecular flexibility index (Phi) is 4.23. The van der Waals surface area contributed by atoms with Crippen LogP contribution in [0.25, 0.3) is 0 Å². The maximum atomic E-state index is 6.29. The quantitative estimate of drug-likeness (QED) is 0.892. The summed E-state index contributed by atoms with van der Waals surface area (Å²) in [5.41, 5.74) is 6.29. The molecular weight excluding hydrogens is 228 g/mol. The Morgan fingerprint density at radius 2 is 2.24 bits per heavy atom. The summed E-state index contributed by atoms with van der Waals surface area (Å²) in [6.45, 7) is 9.11. The van der Waals surface area contributed by atoms with Crippen molar-refractivity contribution in [2.24, 2.45) is 11.7 Å². The molecule has 2 N–H and O–H groups in total. The normalized spacial score (nSPS) is 25.9. The standard InChI is InChI=1S/C14H24N2S/c1-4-11-5-6-13(17-11)14-12(15)7-8-16(14)9-10(2)3/h5-6,10,12,14H,4,7-9,15H2,1-3H3. The first kappa shape index (κ1) is 13.1. The Hall–Kier alpha value is -0.380. The fourth-order valence-electron chi connectivity index (χ4n) is 2.69. The smallest absolute Gasteiger partial charge is 0.0594 e. The maximum absolute atomic E-state index is 6.29. The molecule has 2 nitrogen and oxygen atoms in total. The van der Waals surface area contributed by atoms with E-state index in [1.54, 1.807) is 0 Å². The summed E-state index contributed by atoms with van der Waals surface area (Å²) in [4.78, 5) is 5.51. The van der Waals surface area contributed by atoms with Crippen molar-refractivity contribution in [3.8, 4) is 0 Å². The lowest BCUT2D eigenvalue weighted by Crippen LogP contribution is -2.33. The van der Waals surface area contributed by atoms with E-state index in [1.165, 1.54) is 9.75 Å². The molecule has 0 spiro atoms. The minimum Gasteiger partial charge on any atom is -0.326 e. The first-order chi connectivity index (χ1) is 8.11. The van der Waals surface area contributed by atoms with Crippen LogP contribution < -0.4 is 5.73 Å². The molecule has 1 saturated heterocycles. The molecule has 1 aromatic rings. The van der Waals surface area contributed by atoms with Gasteiger partial charge in [0.05, 0.1) is 6.04 Å². The molecule has 1 aliphatic heterocycles. The predicted molar refractivity (Wildman–Crippen MR) is 75.4 cm³/mol. The van der Waals surface area contributed by atoms with Gasteiger partial charge in [0.25, 0.3) is 0 Å². The molecule has 0 aliphatic carbocycles. The Balaban J connectivity index is 2.15. The average Bonchev–Trinajstić information content (AvgIpc) is 2.85. The van der Waals surface area contributed by atoms with Crippen LogP contribution in [-0.2, 0) is 6.42 Å². The highest BCUT2D eigenvalue weighted by molar-refractivity contribution is 7.12. The zero-order valence-corrected chi connectivity index (χ0v) is 12.0. The Morgan fingerprint density at radius 1 is 1.47 bits per heavy atom. The van der Waals surface area contributed by atoms with Gasteiger partial charge >= 0.3 is 0 Å². The van der Waals surface area contributed by atoms with Crippen molar-refractivity contribution in [2.75, 3.05) is 13.1 Å². The molecule has 3 heteroatoms. The lowest BCUT2D eigenvalue weighted by molar-refractivity contribution is 0.224. The Labute approximate surface area is 109 Å². The number of rotatable bonds is 4. The van der Waals surface area contributed by atoms with E-state index in [1.807, 2.05) is 11.3 Å². The fourth-order valence-corrected chi connectivity index (χ4v) is 3.85. The van der Waals surface area contributed by atoms with Crippen molar-refractivity contribution < 1.29 is 0 Å². The lowest BCUT2D eigenvalue weighted by Gasteiger charge is -2.27. The van der Waals surface area contributed by atoms with Gasteiger partial charge in [0.1, 0.15) is 0 Å². The first-order valence-corrected chi connectivity index (χ1v) is 7.51. The molecule has 0 aromatic carbocycles. The topological polar surface area (TPSA) is 29.3 Å². The molecule has 0 saturated carbocycles. The zero-order chi connectivity index (χ0) is 12.4. The van der Waals surface area contributed by atoms with Crippen LogP contribution in [0.15, 0.2) is 12.1 Å². The molecule has 1 aliphatic rings. The molecule has 0 bridgehead atoms. The van der Waals surface area contributed by atoms with Crippen LogP contribution in [0.3, 0.4) is 0 Å². The molecule has 1 fully saturated rings. The van der Waals surface area contributed by atoms with Gasteiger partial charge in [-0.3, -0.25) is 4.90 Å². The van der Waals surface area contributed by atoms with Crippen LogP contribution in [0, 0.1) is 5.92 Å². The van der Waals surface area contributed by atoms with Crippen LogP contribution in [-0.4, -0.2) is 24.0 Å². The van der Waals surface area contributed by atoms with Gasteiger partial charge < -0.3 is 5.73 Å². The first-order valence-electron chi connectivity index (χ1n) is 6.70. The van der Waals surface area contributed by atoms with Crippen molar-refractivity contribution in [3.63, 3.8) is 0 Å². The van der Waals surface area contributed by atoms with E-state index in [4.69, 9.17) is 5.73 Å². The highest BCUT2D eigenvalue weighted by atomic mass is 32.1. The Bertz CT molecular complexity index is 359. The molecule has 0 radical (unpaired) electrons. The highest BCUT2D eigenvalue weighted by Crippen LogP contribution is 2.35. The third-order valence-corrected chi connectivity index (χ3v) is 4.77. The third-order valence-electron chi connectivity index (χ3n) is 3.47. The summed E-state index contributed by atoms with van der Waals surface area (Å²) < 4.78 is 0. The van der Waals surface area contributed by atoms with E-state index in [9.17, 15) is 0 Å². The second kappa shape index (κ2) is 5.51. The number of likely N-dealkylation sites (tertiary alicyclic amines) is 1. The number of nitrogens with zero attached hydrogens (tertiary/aromatic N) is 1.